The van der Waals surface area contributed by atoms with Crippen LogP contribution in [0, 0.1) is 6.92 Å². The van der Waals surface area contributed by atoms with Crippen molar-refractivity contribution in [3.63, 3.8) is 0 Å². The topological polar surface area (TPSA) is 49.4 Å². The van der Waals surface area contributed by atoms with Crippen LogP contribution >= 0.6 is 11.3 Å². The molecule has 102 valence electrons. The number of hydrogen-bond donors (Lipinski definition) is 1. The van der Waals surface area contributed by atoms with Gasteiger partial charge in [0.25, 0.3) is 0 Å². The van der Waals surface area contributed by atoms with Gasteiger partial charge in [0.15, 0.2) is 0 Å². The zero-order chi connectivity index (χ0) is 13.2. The van der Waals surface area contributed by atoms with Crippen LogP contribution in [0.5, 0.6) is 0 Å². The molecule has 1 N–H and O–H groups in total. The second-order valence-electron chi connectivity index (χ2n) is 4.63. The molecule has 0 radical (unpaired) electrons. The predicted octanol–water partition coefficient (Wildman–Crippen LogP) is 1.95. The van der Waals surface area contributed by atoms with Gasteiger partial charge in [0.1, 0.15) is 0 Å². The van der Waals surface area contributed by atoms with Gasteiger partial charge in [0.2, 0.25) is 10.0 Å². The predicted molar refractivity (Wildman–Crippen MR) is 74.4 cm³/mol. The summed E-state index contributed by atoms with van der Waals surface area (Å²) in [5.74, 6) is 0. The Morgan fingerprint density at radius 2 is 2.00 bits per heavy atom. The van der Waals surface area contributed by atoms with Crippen LogP contribution < -0.4 is 5.32 Å². The fourth-order valence-corrected chi connectivity index (χ4v) is 5.42. The Kier molecular flexibility index (Phi) is 4.42. The van der Waals surface area contributed by atoms with E-state index < -0.39 is 10.0 Å². The summed E-state index contributed by atoms with van der Waals surface area (Å²) in [6, 6.07) is 1.82. The standard InChI is InChI=1S/C12H20N2O2S2/c1-10-12(8-11(17-10)9-13-2)18(15,16)14-6-4-3-5-7-14/h8,13H,3-7,9H2,1-2H3. The Balaban J connectivity index is 2.28. The summed E-state index contributed by atoms with van der Waals surface area (Å²) in [5, 5.41) is 3.06. The van der Waals surface area contributed by atoms with Crippen LogP contribution in [0.3, 0.4) is 0 Å². The van der Waals surface area contributed by atoms with E-state index in [4.69, 9.17) is 0 Å². The average Bonchev–Trinajstić information content (AvgIpc) is 2.73. The fraction of sp³-hybridized carbons (Fsp3) is 0.667. The fourth-order valence-electron chi connectivity index (χ4n) is 2.29. The molecule has 18 heavy (non-hydrogen) atoms. The first kappa shape index (κ1) is 14.0. The smallest absolute Gasteiger partial charge is 0.244 e. The Bertz CT molecular complexity index is 502. The quantitative estimate of drug-likeness (QED) is 0.921. The first-order valence-electron chi connectivity index (χ1n) is 6.30. The zero-order valence-corrected chi connectivity index (χ0v) is 12.5. The molecule has 0 amide bonds. The molecule has 0 saturated carbocycles. The summed E-state index contributed by atoms with van der Waals surface area (Å²) < 4.78 is 26.7. The van der Waals surface area contributed by atoms with Gasteiger partial charge in [-0.3, -0.25) is 0 Å². The van der Waals surface area contributed by atoms with E-state index in [1.807, 2.05) is 20.0 Å². The Labute approximate surface area is 113 Å². The Morgan fingerprint density at radius 1 is 1.33 bits per heavy atom. The monoisotopic (exact) mass is 288 g/mol. The maximum absolute atomic E-state index is 12.5. The lowest BCUT2D eigenvalue weighted by Gasteiger charge is -2.25. The van der Waals surface area contributed by atoms with Crippen molar-refractivity contribution in [2.75, 3.05) is 20.1 Å². The SMILES string of the molecule is CNCc1cc(S(=O)(=O)N2CCCCC2)c(C)s1. The van der Waals surface area contributed by atoms with E-state index in [0.717, 1.165) is 35.6 Å². The molecular formula is C12H20N2O2S2. The second kappa shape index (κ2) is 5.69. The van der Waals surface area contributed by atoms with Crippen molar-refractivity contribution in [3.05, 3.63) is 15.8 Å². The van der Waals surface area contributed by atoms with Gasteiger partial charge in [0, 0.05) is 29.4 Å². The minimum absolute atomic E-state index is 0.500. The minimum atomic E-state index is -3.27. The largest absolute Gasteiger partial charge is 0.315 e. The maximum atomic E-state index is 12.5. The molecule has 6 heteroatoms. The third-order valence-corrected chi connectivity index (χ3v) is 6.41. The van der Waals surface area contributed by atoms with E-state index >= 15 is 0 Å². The first-order chi connectivity index (χ1) is 8.55. The normalized spacial score (nSPS) is 18.1. The molecule has 0 spiro atoms. The van der Waals surface area contributed by atoms with E-state index in [1.54, 1.807) is 15.6 Å². The number of nitrogens with zero attached hydrogens (tertiary/aromatic N) is 1. The van der Waals surface area contributed by atoms with Gasteiger partial charge in [-0.05, 0) is 32.9 Å². The second-order valence-corrected chi connectivity index (χ2v) is 7.88. The van der Waals surface area contributed by atoms with Gasteiger partial charge in [0.05, 0.1) is 4.90 Å². The van der Waals surface area contributed by atoms with Crippen molar-refractivity contribution in [1.82, 2.24) is 9.62 Å². The van der Waals surface area contributed by atoms with E-state index in [0.29, 0.717) is 18.0 Å². The number of thiophene rings is 1. The van der Waals surface area contributed by atoms with Crippen molar-refractivity contribution in [1.29, 1.82) is 0 Å². The van der Waals surface area contributed by atoms with Crippen molar-refractivity contribution < 1.29 is 8.42 Å². The number of rotatable bonds is 4. The molecule has 1 aromatic heterocycles. The number of hydrogen-bond acceptors (Lipinski definition) is 4. The highest BCUT2D eigenvalue weighted by Gasteiger charge is 2.28. The van der Waals surface area contributed by atoms with E-state index in [1.165, 1.54) is 0 Å². The van der Waals surface area contributed by atoms with Gasteiger partial charge in [-0.1, -0.05) is 6.42 Å². The third kappa shape index (κ3) is 2.77. The highest BCUT2D eigenvalue weighted by Crippen LogP contribution is 2.29. The molecule has 1 aliphatic rings. The van der Waals surface area contributed by atoms with Crippen LogP contribution in [0.4, 0.5) is 0 Å². The molecule has 0 atom stereocenters. The van der Waals surface area contributed by atoms with E-state index in [2.05, 4.69) is 5.32 Å². The average molecular weight is 288 g/mol. The minimum Gasteiger partial charge on any atom is -0.315 e. The summed E-state index contributed by atoms with van der Waals surface area (Å²) in [7, 11) is -1.41. The van der Waals surface area contributed by atoms with Crippen molar-refractivity contribution >= 4 is 21.4 Å². The number of piperidine rings is 1. The summed E-state index contributed by atoms with van der Waals surface area (Å²) in [6.45, 7) is 3.94. The summed E-state index contributed by atoms with van der Waals surface area (Å²) in [6.07, 6.45) is 3.09. The molecule has 1 fully saturated rings. The van der Waals surface area contributed by atoms with E-state index in [9.17, 15) is 8.42 Å². The lowest BCUT2D eigenvalue weighted by atomic mass is 10.2. The number of aryl methyl sites for hydroxylation is 1. The van der Waals surface area contributed by atoms with Crippen LogP contribution in [-0.2, 0) is 16.6 Å². The van der Waals surface area contributed by atoms with Crippen molar-refractivity contribution in [3.8, 4) is 0 Å². The summed E-state index contributed by atoms with van der Waals surface area (Å²) >= 11 is 1.56. The Hall–Kier alpha value is -0.430. The van der Waals surface area contributed by atoms with Crippen LogP contribution in [-0.4, -0.2) is 32.9 Å². The first-order valence-corrected chi connectivity index (χ1v) is 8.55. The molecular weight excluding hydrogens is 268 g/mol. The molecule has 1 saturated heterocycles. The maximum Gasteiger partial charge on any atom is 0.244 e. The van der Waals surface area contributed by atoms with Gasteiger partial charge in [-0.25, -0.2) is 8.42 Å². The molecule has 0 aromatic carbocycles. The zero-order valence-electron chi connectivity index (χ0n) is 10.9. The van der Waals surface area contributed by atoms with Gasteiger partial charge in [-0.2, -0.15) is 4.31 Å². The Morgan fingerprint density at radius 3 is 2.61 bits per heavy atom. The van der Waals surface area contributed by atoms with E-state index in [-0.39, 0.29) is 0 Å². The van der Waals surface area contributed by atoms with Crippen LogP contribution in [0.15, 0.2) is 11.0 Å². The lowest BCUT2D eigenvalue weighted by molar-refractivity contribution is 0.346. The third-order valence-electron chi connectivity index (χ3n) is 3.21. The van der Waals surface area contributed by atoms with Crippen molar-refractivity contribution in [2.24, 2.45) is 0 Å². The number of sulfonamides is 1. The van der Waals surface area contributed by atoms with Gasteiger partial charge >= 0.3 is 0 Å². The number of nitrogens with one attached hydrogen (secondary N) is 1. The van der Waals surface area contributed by atoms with Crippen LogP contribution in [0.25, 0.3) is 0 Å². The molecule has 1 aliphatic heterocycles. The van der Waals surface area contributed by atoms with Crippen molar-refractivity contribution in [2.45, 2.75) is 37.6 Å². The molecule has 0 aliphatic carbocycles. The summed E-state index contributed by atoms with van der Waals surface area (Å²) in [5.41, 5.74) is 0. The summed E-state index contributed by atoms with van der Waals surface area (Å²) in [4.78, 5) is 2.47. The molecule has 0 unspecified atom stereocenters. The highest BCUT2D eigenvalue weighted by molar-refractivity contribution is 7.89. The van der Waals surface area contributed by atoms with Crippen LogP contribution in [0.2, 0.25) is 0 Å². The lowest BCUT2D eigenvalue weighted by Crippen LogP contribution is -2.35. The molecule has 4 nitrogen and oxygen atoms in total. The highest BCUT2D eigenvalue weighted by atomic mass is 32.2. The molecule has 2 heterocycles. The van der Waals surface area contributed by atoms with Gasteiger partial charge in [-0.15, -0.1) is 11.3 Å². The molecule has 2 rings (SSSR count). The molecule has 0 bridgehead atoms. The molecule has 1 aromatic rings. The van der Waals surface area contributed by atoms with Crippen LogP contribution in [0.1, 0.15) is 29.0 Å². The van der Waals surface area contributed by atoms with Gasteiger partial charge < -0.3 is 5.32 Å².